The molecule has 0 radical (unpaired) electrons. The van der Waals surface area contributed by atoms with Gasteiger partial charge < -0.3 is 9.64 Å². The number of rotatable bonds is 5. The van der Waals surface area contributed by atoms with Crippen LogP contribution in [0.5, 0.6) is 0 Å². The van der Waals surface area contributed by atoms with E-state index in [1.807, 2.05) is 11.8 Å². The fourth-order valence-electron chi connectivity index (χ4n) is 5.39. The van der Waals surface area contributed by atoms with Crippen molar-refractivity contribution in [2.75, 3.05) is 45.9 Å². The molecule has 1 aliphatic carbocycles. The number of carbonyl (C=O) groups is 1. The fraction of sp³-hybridized carbons (Fsp3) is 0.818. The van der Waals surface area contributed by atoms with Crippen LogP contribution < -0.4 is 0 Å². The fourth-order valence-corrected chi connectivity index (χ4v) is 5.39. The summed E-state index contributed by atoms with van der Waals surface area (Å²) >= 11 is 0. The van der Waals surface area contributed by atoms with Crippen LogP contribution in [0, 0.1) is 0 Å². The molecule has 7 nitrogen and oxygen atoms in total. The molecule has 1 aromatic rings. The maximum Gasteiger partial charge on any atom is 0.409 e. The first-order chi connectivity index (χ1) is 14.2. The zero-order chi connectivity index (χ0) is 20.1. The van der Waals surface area contributed by atoms with Gasteiger partial charge in [-0.25, -0.2) is 4.79 Å². The summed E-state index contributed by atoms with van der Waals surface area (Å²) < 4.78 is 5.15. The summed E-state index contributed by atoms with van der Waals surface area (Å²) in [5.74, 6) is 0.679. The summed E-state index contributed by atoms with van der Waals surface area (Å²) in [6.45, 7) is 9.10. The van der Waals surface area contributed by atoms with E-state index >= 15 is 0 Å². The number of hydrogen-bond donors (Lipinski definition) is 1. The van der Waals surface area contributed by atoms with Crippen LogP contribution in [0.15, 0.2) is 6.20 Å². The number of H-pyrrole nitrogens is 1. The number of ether oxygens (including phenoxy) is 1. The van der Waals surface area contributed by atoms with Gasteiger partial charge in [0.25, 0.3) is 0 Å². The minimum Gasteiger partial charge on any atom is -0.450 e. The Bertz CT molecular complexity index is 649. The van der Waals surface area contributed by atoms with Crippen LogP contribution in [0.4, 0.5) is 4.79 Å². The largest absolute Gasteiger partial charge is 0.450 e. The Hall–Kier alpha value is -1.60. The van der Waals surface area contributed by atoms with Crippen LogP contribution in [0.25, 0.3) is 0 Å². The highest BCUT2D eigenvalue weighted by Gasteiger charge is 2.30. The van der Waals surface area contributed by atoms with E-state index < -0.39 is 0 Å². The Morgan fingerprint density at radius 1 is 1.10 bits per heavy atom. The normalized spacial score (nSPS) is 25.3. The Kier molecular flexibility index (Phi) is 7.08. The third-order valence-corrected chi connectivity index (χ3v) is 7.00. The summed E-state index contributed by atoms with van der Waals surface area (Å²) in [6, 6.07) is 0.595. The summed E-state index contributed by atoms with van der Waals surface area (Å²) in [4.78, 5) is 19.0. The number of nitrogens with one attached hydrogen (secondary N) is 1. The number of aromatic amines is 1. The number of piperidine rings is 1. The molecule has 1 amide bonds. The van der Waals surface area contributed by atoms with Crippen molar-refractivity contribution in [2.24, 2.45) is 0 Å². The molecule has 4 rings (SSSR count). The second-order valence-electron chi connectivity index (χ2n) is 8.90. The van der Waals surface area contributed by atoms with Crippen molar-refractivity contribution in [3.63, 3.8) is 0 Å². The van der Waals surface area contributed by atoms with Gasteiger partial charge in [0.2, 0.25) is 0 Å². The number of amides is 1. The Balaban J connectivity index is 1.29. The van der Waals surface area contributed by atoms with Crippen LogP contribution in [0.1, 0.15) is 69.0 Å². The minimum absolute atomic E-state index is 0.160. The topological polar surface area (TPSA) is 64.7 Å². The van der Waals surface area contributed by atoms with Gasteiger partial charge in [-0.2, -0.15) is 5.10 Å². The first kappa shape index (κ1) is 20.7. The van der Waals surface area contributed by atoms with Crippen molar-refractivity contribution in [3.05, 3.63) is 17.5 Å². The molecule has 0 spiro atoms. The molecule has 1 N–H and O–H groups in total. The maximum atomic E-state index is 11.9. The average Bonchev–Trinajstić information content (AvgIpc) is 3.23. The highest BCUT2D eigenvalue weighted by molar-refractivity contribution is 5.67. The number of piperazine rings is 1. The van der Waals surface area contributed by atoms with Gasteiger partial charge >= 0.3 is 6.09 Å². The van der Waals surface area contributed by atoms with Crippen molar-refractivity contribution in [2.45, 2.75) is 70.4 Å². The third-order valence-electron chi connectivity index (χ3n) is 7.00. The summed E-state index contributed by atoms with van der Waals surface area (Å²) in [5.41, 5.74) is 2.81. The van der Waals surface area contributed by atoms with Crippen molar-refractivity contribution in [3.8, 4) is 0 Å². The molecule has 29 heavy (non-hydrogen) atoms. The van der Waals surface area contributed by atoms with Gasteiger partial charge in [-0.15, -0.1) is 0 Å². The molecule has 3 fully saturated rings. The monoisotopic (exact) mass is 403 g/mol. The number of likely N-dealkylation sites (tertiary alicyclic amines) is 1. The van der Waals surface area contributed by atoms with Crippen LogP contribution >= 0.6 is 0 Å². The van der Waals surface area contributed by atoms with Crippen LogP contribution in [0.3, 0.4) is 0 Å². The summed E-state index contributed by atoms with van der Waals surface area (Å²) in [7, 11) is 0. The van der Waals surface area contributed by atoms with Gasteiger partial charge in [0, 0.05) is 62.5 Å². The van der Waals surface area contributed by atoms with E-state index in [2.05, 4.69) is 26.2 Å². The van der Waals surface area contributed by atoms with Gasteiger partial charge in [0.15, 0.2) is 0 Å². The zero-order valence-corrected chi connectivity index (χ0v) is 17.9. The lowest BCUT2D eigenvalue weighted by molar-refractivity contribution is 0.0412. The SMILES string of the molecule is CCOC(=O)N1CCN([C@@H]2CCCN(Cc3cn[nH]c3C3CCCCC3)C2)CC1. The van der Waals surface area contributed by atoms with Crippen LogP contribution in [0.2, 0.25) is 0 Å². The van der Waals surface area contributed by atoms with E-state index in [0.29, 0.717) is 18.6 Å². The summed E-state index contributed by atoms with van der Waals surface area (Å²) in [5, 5.41) is 7.73. The average molecular weight is 404 g/mol. The minimum atomic E-state index is -0.160. The van der Waals surface area contributed by atoms with Crippen molar-refractivity contribution < 1.29 is 9.53 Å². The first-order valence-corrected chi connectivity index (χ1v) is 11.6. The molecule has 1 aromatic heterocycles. The standard InChI is InChI=1S/C22H37N5O2/c1-2-29-22(28)27-13-11-26(12-14-27)20-9-6-10-25(17-20)16-19-15-23-24-21(19)18-7-4-3-5-8-18/h15,18,20H,2-14,16-17H2,1H3,(H,23,24)/t20-/m1/s1. The molecular weight excluding hydrogens is 366 g/mol. The highest BCUT2D eigenvalue weighted by Crippen LogP contribution is 2.33. The molecular formula is C22H37N5O2. The number of carbonyl (C=O) groups excluding carboxylic acids is 1. The lowest BCUT2D eigenvalue weighted by Crippen LogP contribution is -2.55. The molecule has 1 atom stereocenters. The van der Waals surface area contributed by atoms with E-state index in [1.54, 1.807) is 0 Å². The molecule has 162 valence electrons. The van der Waals surface area contributed by atoms with E-state index in [1.165, 1.54) is 62.7 Å². The van der Waals surface area contributed by atoms with Crippen LogP contribution in [-0.4, -0.2) is 82.9 Å². The second kappa shape index (κ2) is 9.94. The highest BCUT2D eigenvalue weighted by atomic mass is 16.6. The molecule has 3 heterocycles. The molecule has 2 saturated heterocycles. The van der Waals surface area contributed by atoms with Crippen LogP contribution in [-0.2, 0) is 11.3 Å². The molecule has 0 unspecified atom stereocenters. The molecule has 1 saturated carbocycles. The molecule has 0 aromatic carbocycles. The van der Waals surface area contributed by atoms with Gasteiger partial charge in [-0.3, -0.25) is 14.9 Å². The lowest BCUT2D eigenvalue weighted by atomic mass is 9.85. The smallest absolute Gasteiger partial charge is 0.409 e. The van der Waals surface area contributed by atoms with Crippen molar-refractivity contribution >= 4 is 6.09 Å². The van der Waals surface area contributed by atoms with Gasteiger partial charge in [-0.1, -0.05) is 19.3 Å². The van der Waals surface area contributed by atoms with Gasteiger partial charge in [-0.05, 0) is 39.2 Å². The first-order valence-electron chi connectivity index (χ1n) is 11.6. The van der Waals surface area contributed by atoms with Gasteiger partial charge in [0.05, 0.1) is 12.8 Å². The molecule has 7 heteroatoms. The summed E-state index contributed by atoms with van der Waals surface area (Å²) in [6.07, 6.45) is 11.1. The predicted molar refractivity (Wildman–Crippen MR) is 113 cm³/mol. The maximum absolute atomic E-state index is 11.9. The number of nitrogens with zero attached hydrogens (tertiary/aromatic N) is 4. The predicted octanol–water partition coefficient (Wildman–Crippen LogP) is 3.20. The van der Waals surface area contributed by atoms with Crippen molar-refractivity contribution in [1.29, 1.82) is 0 Å². The van der Waals surface area contributed by atoms with E-state index in [0.717, 1.165) is 39.3 Å². The van der Waals surface area contributed by atoms with Crippen molar-refractivity contribution in [1.82, 2.24) is 24.9 Å². The Morgan fingerprint density at radius 2 is 1.90 bits per heavy atom. The number of hydrogen-bond acceptors (Lipinski definition) is 5. The second-order valence-corrected chi connectivity index (χ2v) is 8.90. The third kappa shape index (κ3) is 5.12. The Morgan fingerprint density at radius 3 is 2.66 bits per heavy atom. The van der Waals surface area contributed by atoms with E-state index in [9.17, 15) is 4.79 Å². The quantitative estimate of drug-likeness (QED) is 0.818. The molecule has 2 aliphatic heterocycles. The van der Waals surface area contributed by atoms with E-state index in [4.69, 9.17) is 4.74 Å². The van der Waals surface area contributed by atoms with Gasteiger partial charge in [0.1, 0.15) is 0 Å². The number of aromatic nitrogens is 2. The zero-order valence-electron chi connectivity index (χ0n) is 17.9. The van der Waals surface area contributed by atoms with E-state index in [-0.39, 0.29) is 6.09 Å². The molecule has 0 bridgehead atoms. The molecule has 3 aliphatic rings. The lowest BCUT2D eigenvalue weighted by Gasteiger charge is -2.43. The Labute approximate surface area is 174 Å².